The minimum absolute atomic E-state index is 0. The van der Waals surface area contributed by atoms with Crippen LogP contribution in [0.4, 0.5) is 0 Å². The number of phenolic OH excluding ortho intramolecular Hbond substituents is 1. The number of rotatable bonds is 5. The Morgan fingerprint density at radius 3 is 2.74 bits per heavy atom. The number of hydrogen-bond donors (Lipinski definition) is 2. The summed E-state index contributed by atoms with van der Waals surface area (Å²) in [4.78, 5) is 11.2. The van der Waals surface area contributed by atoms with Gasteiger partial charge in [-0.25, -0.2) is 0 Å². The lowest BCUT2D eigenvalue weighted by Gasteiger charge is -2.38. The fraction of sp³-hybridized carbons (Fsp3) is 0.292. The van der Waals surface area contributed by atoms with Crippen LogP contribution in [0.25, 0.3) is 10.9 Å². The highest BCUT2D eigenvalue weighted by molar-refractivity contribution is 7.80. The van der Waals surface area contributed by atoms with Crippen molar-refractivity contribution in [3.8, 4) is 5.75 Å². The fourth-order valence-electron chi connectivity index (χ4n) is 4.15. The molecule has 7 heteroatoms. The highest BCUT2D eigenvalue weighted by Gasteiger charge is 2.44. The number of thiocarbonyl (C=S) groups is 1. The largest absolute Gasteiger partial charge is 0.508 e. The van der Waals surface area contributed by atoms with E-state index in [1.54, 1.807) is 12.1 Å². The van der Waals surface area contributed by atoms with Gasteiger partial charge in [0.15, 0.2) is 0 Å². The molecule has 3 aromatic rings. The Bertz CT molecular complexity index is 1080. The number of hydrogen-bond acceptors (Lipinski definition) is 5. The van der Waals surface area contributed by atoms with E-state index in [0.717, 1.165) is 58.4 Å². The summed E-state index contributed by atoms with van der Waals surface area (Å²) < 4.78 is 0. The van der Waals surface area contributed by atoms with Gasteiger partial charge in [-0.3, -0.25) is 4.98 Å². The van der Waals surface area contributed by atoms with Crippen LogP contribution in [0.2, 0.25) is 0 Å². The quantitative estimate of drug-likeness (QED) is 0.464. The average Bonchev–Trinajstić information content (AvgIpc) is 2.80. The van der Waals surface area contributed by atoms with Crippen molar-refractivity contribution in [2.24, 2.45) is 5.16 Å². The van der Waals surface area contributed by atoms with Gasteiger partial charge in [-0.2, -0.15) is 0 Å². The van der Waals surface area contributed by atoms with Crippen LogP contribution < -0.4 is 5.32 Å². The van der Waals surface area contributed by atoms with E-state index in [1.807, 2.05) is 43.6 Å². The number of para-hydroxylation sites is 1. The molecule has 0 aliphatic heterocycles. The molecule has 1 heterocycles. The second kappa shape index (κ2) is 9.85. The van der Waals surface area contributed by atoms with Crippen LogP contribution in [-0.2, 0) is 16.9 Å². The number of aromatic nitrogens is 1. The number of likely N-dealkylation sites (N-methyl/N-ethyl adjacent to an activating group) is 1. The summed E-state index contributed by atoms with van der Waals surface area (Å²) in [5.74, 6) is 0.236. The van der Waals surface area contributed by atoms with Crippen molar-refractivity contribution >= 4 is 33.8 Å². The SMILES string of the molecule is CNC(=S)C1(c2cnc3ccccc3c2)CCCCC1=NOCc1ccc(O)cc1.O. The van der Waals surface area contributed by atoms with Crippen molar-refractivity contribution in [2.45, 2.75) is 37.7 Å². The lowest BCUT2D eigenvalue weighted by Crippen LogP contribution is -2.50. The molecule has 4 N–H and O–H groups in total. The topological polar surface area (TPSA) is 98.2 Å². The molecule has 1 fully saturated rings. The van der Waals surface area contributed by atoms with Gasteiger partial charge in [0.05, 0.1) is 21.6 Å². The maximum atomic E-state index is 9.45. The zero-order valence-corrected chi connectivity index (χ0v) is 18.3. The van der Waals surface area contributed by atoms with Crippen molar-refractivity contribution in [2.75, 3.05) is 7.05 Å². The smallest absolute Gasteiger partial charge is 0.142 e. The number of benzene rings is 2. The third-order valence-corrected chi connectivity index (χ3v) is 6.30. The molecule has 0 amide bonds. The highest BCUT2D eigenvalue weighted by Crippen LogP contribution is 2.39. The molecule has 0 bridgehead atoms. The van der Waals surface area contributed by atoms with E-state index in [9.17, 15) is 5.11 Å². The summed E-state index contributed by atoms with van der Waals surface area (Å²) in [5, 5.41) is 18.3. The Morgan fingerprint density at radius 1 is 1.19 bits per heavy atom. The first-order valence-electron chi connectivity index (χ1n) is 10.2. The number of nitrogens with one attached hydrogen (secondary N) is 1. The molecule has 0 radical (unpaired) electrons. The number of oxime groups is 1. The molecule has 1 aliphatic carbocycles. The van der Waals surface area contributed by atoms with E-state index in [1.165, 1.54) is 0 Å². The summed E-state index contributed by atoms with van der Waals surface area (Å²) in [7, 11) is 1.86. The predicted octanol–water partition coefficient (Wildman–Crippen LogP) is 4.05. The molecule has 4 rings (SSSR count). The van der Waals surface area contributed by atoms with Gasteiger partial charge < -0.3 is 20.7 Å². The fourth-order valence-corrected chi connectivity index (χ4v) is 4.48. The first-order chi connectivity index (χ1) is 14.6. The Kier molecular flexibility index (Phi) is 7.20. The lowest BCUT2D eigenvalue weighted by atomic mass is 9.68. The number of nitrogens with zero attached hydrogens (tertiary/aromatic N) is 2. The summed E-state index contributed by atoms with van der Waals surface area (Å²) >= 11 is 5.82. The first kappa shape index (κ1) is 22.7. The third-order valence-electron chi connectivity index (χ3n) is 5.75. The predicted molar refractivity (Wildman–Crippen MR) is 127 cm³/mol. The van der Waals surface area contributed by atoms with Gasteiger partial charge >= 0.3 is 0 Å². The number of fused-ring (bicyclic) bond motifs is 1. The van der Waals surface area contributed by atoms with Crippen LogP contribution in [0.1, 0.15) is 36.8 Å². The first-order valence-corrected chi connectivity index (χ1v) is 10.6. The zero-order valence-electron chi connectivity index (χ0n) is 17.5. The number of pyridine rings is 1. The van der Waals surface area contributed by atoms with Crippen molar-refractivity contribution in [1.82, 2.24) is 10.3 Å². The van der Waals surface area contributed by atoms with Gasteiger partial charge in [0.25, 0.3) is 0 Å². The molecule has 2 aromatic carbocycles. The number of aromatic hydroxyl groups is 1. The highest BCUT2D eigenvalue weighted by atomic mass is 32.1. The molecule has 1 aliphatic rings. The van der Waals surface area contributed by atoms with Crippen LogP contribution in [-0.4, -0.2) is 33.3 Å². The Balaban J connectivity index is 0.00000272. The minimum Gasteiger partial charge on any atom is -0.508 e. The van der Waals surface area contributed by atoms with Gasteiger partial charge in [-0.15, -0.1) is 0 Å². The van der Waals surface area contributed by atoms with E-state index in [-0.39, 0.29) is 11.2 Å². The molecule has 162 valence electrons. The van der Waals surface area contributed by atoms with Crippen molar-refractivity contribution in [1.29, 1.82) is 0 Å². The van der Waals surface area contributed by atoms with Gasteiger partial charge in [-0.05, 0) is 54.7 Å². The van der Waals surface area contributed by atoms with Crippen LogP contribution in [0, 0.1) is 0 Å². The summed E-state index contributed by atoms with van der Waals surface area (Å²) in [6.07, 6.45) is 5.73. The van der Waals surface area contributed by atoms with Crippen LogP contribution in [0.5, 0.6) is 5.75 Å². The maximum Gasteiger partial charge on any atom is 0.142 e. The molecule has 0 saturated heterocycles. The molecule has 1 saturated carbocycles. The van der Waals surface area contributed by atoms with Gasteiger partial charge in [0, 0.05) is 18.6 Å². The summed E-state index contributed by atoms with van der Waals surface area (Å²) in [5.41, 5.74) is 3.37. The second-order valence-electron chi connectivity index (χ2n) is 7.59. The standard InChI is InChI=1S/C24H25N3O2S.H2O/c1-25-23(30)24(19-14-18-6-2-3-7-21(18)26-15-19)13-5-4-8-22(24)27-29-16-17-9-11-20(28)12-10-17;/h2-3,6-7,9-12,14-15,28H,4-5,8,13,16H2,1H3,(H,25,30);1H2. The van der Waals surface area contributed by atoms with E-state index in [2.05, 4.69) is 27.6 Å². The molecule has 31 heavy (non-hydrogen) atoms. The molecule has 1 atom stereocenters. The Morgan fingerprint density at radius 2 is 1.97 bits per heavy atom. The molecular weight excluding hydrogens is 410 g/mol. The van der Waals surface area contributed by atoms with Crippen molar-refractivity contribution < 1.29 is 15.4 Å². The zero-order chi connectivity index (χ0) is 21.0. The Hall–Kier alpha value is -3.03. The molecule has 0 spiro atoms. The molecule has 1 unspecified atom stereocenters. The molecule has 6 nitrogen and oxygen atoms in total. The van der Waals surface area contributed by atoms with Crippen molar-refractivity contribution in [3.63, 3.8) is 0 Å². The van der Waals surface area contributed by atoms with Gasteiger partial charge in [-0.1, -0.05) is 54.1 Å². The van der Waals surface area contributed by atoms with E-state index < -0.39 is 5.41 Å². The lowest BCUT2D eigenvalue weighted by molar-refractivity contribution is 0.127. The second-order valence-corrected chi connectivity index (χ2v) is 7.99. The minimum atomic E-state index is -0.520. The monoisotopic (exact) mass is 437 g/mol. The van der Waals surface area contributed by atoms with Crippen LogP contribution in [0.15, 0.2) is 65.9 Å². The Labute approximate surface area is 187 Å². The third kappa shape index (κ3) is 4.52. The molecule has 1 aromatic heterocycles. The number of phenols is 1. The normalized spacial score (nSPS) is 19.6. The summed E-state index contributed by atoms with van der Waals surface area (Å²) in [6.45, 7) is 0.335. The average molecular weight is 438 g/mol. The van der Waals surface area contributed by atoms with E-state index in [4.69, 9.17) is 17.1 Å². The van der Waals surface area contributed by atoms with Crippen LogP contribution >= 0.6 is 12.2 Å². The van der Waals surface area contributed by atoms with Gasteiger partial charge in [0.1, 0.15) is 12.4 Å². The van der Waals surface area contributed by atoms with Crippen LogP contribution in [0.3, 0.4) is 0 Å². The maximum absolute atomic E-state index is 9.45. The molecular formula is C24H27N3O3S. The van der Waals surface area contributed by atoms with Gasteiger partial charge in [0.2, 0.25) is 0 Å². The van der Waals surface area contributed by atoms with E-state index >= 15 is 0 Å². The van der Waals surface area contributed by atoms with Crippen molar-refractivity contribution in [3.05, 3.63) is 71.9 Å². The van der Waals surface area contributed by atoms with E-state index in [0.29, 0.717) is 6.61 Å². The summed E-state index contributed by atoms with van der Waals surface area (Å²) in [6, 6.07) is 17.2.